The summed E-state index contributed by atoms with van der Waals surface area (Å²) in [6.45, 7) is 2.50. The molecule has 1 aromatic heterocycles. The van der Waals surface area contributed by atoms with Crippen molar-refractivity contribution in [1.29, 1.82) is 0 Å². The molecule has 1 unspecified atom stereocenters. The molecule has 0 spiro atoms. The average Bonchev–Trinajstić information content (AvgIpc) is 2.52. The van der Waals surface area contributed by atoms with Crippen LogP contribution in [-0.2, 0) is 11.3 Å². The van der Waals surface area contributed by atoms with Crippen LogP contribution < -0.4 is 15.0 Å². The second kappa shape index (κ2) is 5.44. The lowest BCUT2D eigenvalue weighted by Crippen LogP contribution is -2.46. The van der Waals surface area contributed by atoms with Crippen LogP contribution in [0.15, 0.2) is 42.5 Å². The van der Waals surface area contributed by atoms with E-state index in [9.17, 15) is 4.79 Å². The Labute approximate surface area is 123 Å². The Bertz CT molecular complexity index is 658. The predicted octanol–water partition coefficient (Wildman–Crippen LogP) is 2.44. The largest absolute Gasteiger partial charge is 0.481 e. The monoisotopic (exact) mass is 283 g/mol. The van der Waals surface area contributed by atoms with Gasteiger partial charge in [0.05, 0.1) is 12.8 Å². The number of benzene rings is 1. The first-order chi connectivity index (χ1) is 10.2. The van der Waals surface area contributed by atoms with E-state index >= 15 is 0 Å². The van der Waals surface area contributed by atoms with Crippen LogP contribution in [0.1, 0.15) is 12.5 Å². The third kappa shape index (κ3) is 2.54. The quantitative estimate of drug-likeness (QED) is 0.940. The Morgan fingerprint density at radius 1 is 1.24 bits per heavy atom. The van der Waals surface area contributed by atoms with Crippen molar-refractivity contribution in [3.05, 3.63) is 48.0 Å². The summed E-state index contributed by atoms with van der Waals surface area (Å²) >= 11 is 0. The zero-order valence-corrected chi connectivity index (χ0v) is 12.0. The van der Waals surface area contributed by atoms with Crippen LogP contribution in [0.25, 0.3) is 0 Å². The van der Waals surface area contributed by atoms with Crippen molar-refractivity contribution in [3.63, 3.8) is 0 Å². The maximum absolute atomic E-state index is 12.1. The highest BCUT2D eigenvalue weighted by molar-refractivity contribution is 6.02. The molecule has 5 heteroatoms. The molecule has 1 N–H and O–H groups in total. The van der Waals surface area contributed by atoms with Crippen molar-refractivity contribution in [1.82, 2.24) is 4.98 Å². The third-order valence-corrected chi connectivity index (χ3v) is 3.63. The van der Waals surface area contributed by atoms with Gasteiger partial charge >= 0.3 is 0 Å². The molecular weight excluding hydrogens is 266 g/mol. The fourth-order valence-corrected chi connectivity index (χ4v) is 2.42. The summed E-state index contributed by atoms with van der Waals surface area (Å²) in [5, 5.41) is 2.88. The average molecular weight is 283 g/mol. The lowest BCUT2D eigenvalue weighted by atomic mass is 10.1. The first-order valence-corrected chi connectivity index (χ1v) is 6.85. The first kappa shape index (κ1) is 13.4. The van der Waals surface area contributed by atoms with Crippen LogP contribution in [0.3, 0.4) is 0 Å². The molecule has 0 saturated heterocycles. The number of methoxy groups -OCH3 is 1. The summed E-state index contributed by atoms with van der Waals surface area (Å²) < 4.78 is 5.19. The van der Waals surface area contributed by atoms with Gasteiger partial charge in [-0.2, -0.15) is 4.98 Å². The van der Waals surface area contributed by atoms with Crippen LogP contribution in [0.5, 0.6) is 5.88 Å². The highest BCUT2D eigenvalue weighted by Gasteiger charge is 2.30. The summed E-state index contributed by atoms with van der Waals surface area (Å²) in [5.41, 5.74) is 1.85. The number of hydrogen-bond acceptors (Lipinski definition) is 4. The number of amides is 1. The van der Waals surface area contributed by atoms with Crippen molar-refractivity contribution < 1.29 is 9.53 Å². The number of nitrogens with one attached hydrogen (secondary N) is 1. The smallest absolute Gasteiger partial charge is 0.246 e. The minimum Gasteiger partial charge on any atom is -0.481 e. The van der Waals surface area contributed by atoms with Crippen LogP contribution in [0.2, 0.25) is 0 Å². The van der Waals surface area contributed by atoms with E-state index in [2.05, 4.69) is 10.3 Å². The van der Waals surface area contributed by atoms with E-state index in [4.69, 9.17) is 4.74 Å². The lowest BCUT2D eigenvalue weighted by molar-refractivity contribution is -0.117. The maximum Gasteiger partial charge on any atom is 0.246 e. The van der Waals surface area contributed by atoms with Gasteiger partial charge in [-0.1, -0.05) is 30.3 Å². The normalized spacial score (nSPS) is 17.1. The highest BCUT2D eigenvalue weighted by atomic mass is 16.5. The Balaban J connectivity index is 2.00. The molecule has 0 aliphatic carbocycles. The molecule has 1 aliphatic heterocycles. The fourth-order valence-electron chi connectivity index (χ4n) is 2.42. The third-order valence-electron chi connectivity index (χ3n) is 3.63. The molecule has 0 radical (unpaired) electrons. The number of carbonyl (C=O) groups excluding carboxylic acids is 1. The van der Waals surface area contributed by atoms with Gasteiger partial charge in [0.2, 0.25) is 11.8 Å². The lowest BCUT2D eigenvalue weighted by Gasteiger charge is -2.35. The summed E-state index contributed by atoms with van der Waals surface area (Å²) in [5.74, 6) is 1.26. The maximum atomic E-state index is 12.1. The van der Waals surface area contributed by atoms with Crippen LogP contribution >= 0.6 is 0 Å². The van der Waals surface area contributed by atoms with Gasteiger partial charge < -0.3 is 15.0 Å². The number of carbonyl (C=O) groups is 1. The Morgan fingerprint density at radius 2 is 2.00 bits per heavy atom. The van der Waals surface area contributed by atoms with E-state index in [1.54, 1.807) is 13.2 Å². The number of fused-ring (bicyclic) bond motifs is 1. The molecule has 2 heterocycles. The standard InChI is InChI=1S/C16H17N3O2/c1-11-16(20)17-13-8-9-14(21-2)18-15(13)19(11)10-12-6-4-3-5-7-12/h3-9,11H,10H2,1-2H3,(H,17,20). The van der Waals surface area contributed by atoms with Crippen molar-refractivity contribution in [2.45, 2.75) is 19.5 Å². The molecule has 108 valence electrons. The Hall–Kier alpha value is -2.56. The SMILES string of the molecule is COc1ccc2c(n1)N(Cc1ccccc1)C(C)C(=O)N2. The Morgan fingerprint density at radius 3 is 2.71 bits per heavy atom. The molecule has 1 aromatic carbocycles. The van der Waals surface area contributed by atoms with E-state index in [1.165, 1.54) is 0 Å². The van der Waals surface area contributed by atoms with Gasteiger partial charge in [0.15, 0.2) is 5.82 Å². The first-order valence-electron chi connectivity index (χ1n) is 6.85. The van der Waals surface area contributed by atoms with Crippen molar-refractivity contribution >= 4 is 17.4 Å². The highest BCUT2D eigenvalue weighted by Crippen LogP contribution is 2.33. The van der Waals surface area contributed by atoms with Crippen LogP contribution in [0, 0.1) is 0 Å². The minimum atomic E-state index is -0.280. The molecule has 0 bridgehead atoms. The van der Waals surface area contributed by atoms with Crippen molar-refractivity contribution in [2.24, 2.45) is 0 Å². The molecule has 1 amide bonds. The van der Waals surface area contributed by atoms with Crippen LogP contribution in [0.4, 0.5) is 11.5 Å². The number of rotatable bonds is 3. The van der Waals surface area contributed by atoms with Gasteiger partial charge in [-0.3, -0.25) is 4.79 Å². The Kier molecular flexibility index (Phi) is 3.48. The second-order valence-electron chi connectivity index (χ2n) is 5.00. The topological polar surface area (TPSA) is 54.5 Å². The van der Waals surface area contributed by atoms with Gasteiger partial charge in [0, 0.05) is 12.6 Å². The fraction of sp³-hybridized carbons (Fsp3) is 0.250. The van der Waals surface area contributed by atoms with E-state index in [1.807, 2.05) is 48.2 Å². The zero-order valence-electron chi connectivity index (χ0n) is 12.0. The second-order valence-corrected chi connectivity index (χ2v) is 5.00. The summed E-state index contributed by atoms with van der Waals surface area (Å²) in [4.78, 5) is 18.6. The molecule has 1 aliphatic rings. The summed E-state index contributed by atoms with van der Waals surface area (Å²) in [6, 6.07) is 13.3. The number of nitrogens with zero attached hydrogens (tertiary/aromatic N) is 2. The van der Waals surface area contributed by atoms with E-state index in [0.717, 1.165) is 17.1 Å². The van der Waals surface area contributed by atoms with Crippen molar-refractivity contribution in [3.8, 4) is 5.88 Å². The minimum absolute atomic E-state index is 0.0228. The molecule has 0 fully saturated rings. The molecule has 21 heavy (non-hydrogen) atoms. The number of pyridine rings is 1. The van der Waals surface area contributed by atoms with Gasteiger partial charge in [-0.05, 0) is 18.6 Å². The van der Waals surface area contributed by atoms with Gasteiger partial charge in [-0.25, -0.2) is 0 Å². The van der Waals surface area contributed by atoms with Crippen LogP contribution in [-0.4, -0.2) is 24.0 Å². The zero-order chi connectivity index (χ0) is 14.8. The summed E-state index contributed by atoms with van der Waals surface area (Å²) in [7, 11) is 1.58. The van der Waals surface area contributed by atoms with Gasteiger partial charge in [-0.15, -0.1) is 0 Å². The molecule has 5 nitrogen and oxygen atoms in total. The van der Waals surface area contributed by atoms with E-state index < -0.39 is 0 Å². The molecule has 3 rings (SSSR count). The number of aromatic nitrogens is 1. The number of ether oxygens (including phenoxy) is 1. The van der Waals surface area contributed by atoms with E-state index in [-0.39, 0.29) is 11.9 Å². The molecular formula is C16H17N3O2. The van der Waals surface area contributed by atoms with E-state index in [0.29, 0.717) is 12.4 Å². The van der Waals surface area contributed by atoms with Crippen molar-refractivity contribution in [2.75, 3.05) is 17.3 Å². The van der Waals surface area contributed by atoms with Gasteiger partial charge in [0.25, 0.3) is 0 Å². The number of hydrogen-bond donors (Lipinski definition) is 1. The van der Waals surface area contributed by atoms with Gasteiger partial charge in [0.1, 0.15) is 6.04 Å². The summed E-state index contributed by atoms with van der Waals surface area (Å²) in [6.07, 6.45) is 0. The molecule has 0 saturated carbocycles. The molecule has 2 aromatic rings. The molecule has 1 atom stereocenters. The predicted molar refractivity (Wildman–Crippen MR) is 81.5 cm³/mol. The number of anilines is 2.